The number of hydrogen-bond acceptors (Lipinski definition) is 3. The highest BCUT2D eigenvalue weighted by Crippen LogP contribution is 2.12. The minimum Gasteiger partial charge on any atom is -0.373 e. The fourth-order valence-electron chi connectivity index (χ4n) is 1.96. The number of allylic oxidation sites excluding steroid dienone is 3. The molecule has 0 aliphatic carbocycles. The molecule has 0 atom stereocenters. The molecule has 4 heteroatoms. The van der Waals surface area contributed by atoms with Gasteiger partial charge in [-0.05, 0) is 31.1 Å². The van der Waals surface area contributed by atoms with E-state index < -0.39 is 0 Å². The Morgan fingerprint density at radius 1 is 1.43 bits per heavy atom. The van der Waals surface area contributed by atoms with E-state index in [0.29, 0.717) is 12.2 Å². The fraction of sp³-hybridized carbons (Fsp3) is 0.368. The number of hydrogen-bond donors (Lipinski definition) is 1. The minimum atomic E-state index is -0.180. The van der Waals surface area contributed by atoms with E-state index in [9.17, 15) is 4.79 Å². The molecule has 1 amide bonds. The second-order valence-corrected chi connectivity index (χ2v) is 5.33. The highest BCUT2D eigenvalue weighted by atomic mass is 16.1. The first-order chi connectivity index (χ1) is 11.1. The lowest BCUT2D eigenvalue weighted by Crippen LogP contribution is -2.26. The Bertz CT molecular complexity index is 558. The van der Waals surface area contributed by atoms with E-state index in [1.54, 1.807) is 18.3 Å². The first-order valence-electron chi connectivity index (χ1n) is 8.02. The topological polar surface area (TPSA) is 45.2 Å². The maximum atomic E-state index is 12.1. The summed E-state index contributed by atoms with van der Waals surface area (Å²) in [6.45, 7) is 9.28. The van der Waals surface area contributed by atoms with Crippen molar-refractivity contribution >= 4 is 11.6 Å². The standard InChI is InChI=1S/C19H27N3O/c1-5-8-10-16(7-3)14-21-19(23)18-12-11-17(15-20-18)22(4)13-9-6-2/h5,7-8,10-12,15H,3,6,9,13-14H2,1-2,4H3,(H,21,23)/b8-5-,16-10+. The average molecular weight is 313 g/mol. The van der Waals surface area contributed by atoms with Gasteiger partial charge >= 0.3 is 0 Å². The van der Waals surface area contributed by atoms with Crippen molar-refractivity contribution in [1.29, 1.82) is 0 Å². The number of aromatic nitrogens is 1. The zero-order chi connectivity index (χ0) is 17.1. The fourth-order valence-corrected chi connectivity index (χ4v) is 1.96. The molecule has 1 aromatic rings. The molecule has 0 aliphatic rings. The van der Waals surface area contributed by atoms with Crippen LogP contribution in [0, 0.1) is 0 Å². The minimum absolute atomic E-state index is 0.180. The summed E-state index contributed by atoms with van der Waals surface area (Å²) in [6.07, 6.45) is 11.6. The molecule has 1 rings (SSSR count). The molecule has 1 N–H and O–H groups in total. The van der Waals surface area contributed by atoms with Crippen LogP contribution in [0.2, 0.25) is 0 Å². The van der Waals surface area contributed by atoms with E-state index in [-0.39, 0.29) is 5.91 Å². The van der Waals surface area contributed by atoms with Crippen molar-refractivity contribution in [3.8, 4) is 0 Å². The molecular weight excluding hydrogens is 286 g/mol. The van der Waals surface area contributed by atoms with E-state index in [4.69, 9.17) is 0 Å². The summed E-state index contributed by atoms with van der Waals surface area (Å²) in [6, 6.07) is 3.69. The van der Waals surface area contributed by atoms with Gasteiger partial charge in [0, 0.05) is 20.1 Å². The Hall–Kier alpha value is -2.36. The van der Waals surface area contributed by atoms with E-state index >= 15 is 0 Å². The van der Waals surface area contributed by atoms with Crippen molar-refractivity contribution in [2.24, 2.45) is 0 Å². The summed E-state index contributed by atoms with van der Waals surface area (Å²) in [4.78, 5) is 18.5. The third-order valence-electron chi connectivity index (χ3n) is 3.49. The molecule has 0 bridgehead atoms. The van der Waals surface area contributed by atoms with Gasteiger partial charge in [0.2, 0.25) is 0 Å². The Morgan fingerprint density at radius 3 is 2.78 bits per heavy atom. The monoisotopic (exact) mass is 313 g/mol. The second-order valence-electron chi connectivity index (χ2n) is 5.33. The average Bonchev–Trinajstić information content (AvgIpc) is 2.59. The number of anilines is 1. The molecule has 0 radical (unpaired) electrons. The van der Waals surface area contributed by atoms with Crippen LogP contribution in [0.4, 0.5) is 5.69 Å². The number of carbonyl (C=O) groups excluding carboxylic acids is 1. The number of unbranched alkanes of at least 4 members (excludes halogenated alkanes) is 1. The number of amides is 1. The Labute approximate surface area is 139 Å². The molecule has 0 aliphatic heterocycles. The van der Waals surface area contributed by atoms with Crippen LogP contribution in [0.5, 0.6) is 0 Å². The molecule has 0 saturated carbocycles. The van der Waals surface area contributed by atoms with E-state index in [2.05, 4.69) is 28.7 Å². The van der Waals surface area contributed by atoms with E-state index in [0.717, 1.165) is 30.6 Å². The highest BCUT2D eigenvalue weighted by molar-refractivity contribution is 5.92. The molecule has 124 valence electrons. The Balaban J connectivity index is 2.62. The third kappa shape index (κ3) is 6.51. The molecule has 1 heterocycles. The lowest BCUT2D eigenvalue weighted by molar-refractivity contribution is 0.0952. The SMILES string of the molecule is C=C/C(=C\C=C/C)CNC(=O)c1ccc(N(C)CCCC)cn1. The lowest BCUT2D eigenvalue weighted by atomic mass is 10.2. The maximum absolute atomic E-state index is 12.1. The van der Waals surface area contributed by atoms with Crippen LogP contribution in [0.3, 0.4) is 0 Å². The van der Waals surface area contributed by atoms with Crippen molar-refractivity contribution in [3.63, 3.8) is 0 Å². The predicted molar refractivity (Wildman–Crippen MR) is 97.8 cm³/mol. The van der Waals surface area contributed by atoms with Crippen molar-refractivity contribution in [1.82, 2.24) is 10.3 Å². The summed E-state index contributed by atoms with van der Waals surface area (Å²) < 4.78 is 0. The maximum Gasteiger partial charge on any atom is 0.270 e. The molecule has 0 unspecified atom stereocenters. The zero-order valence-corrected chi connectivity index (χ0v) is 14.4. The Kier molecular flexibility index (Phi) is 8.43. The van der Waals surface area contributed by atoms with Gasteiger partial charge in [-0.25, -0.2) is 4.98 Å². The number of nitrogens with zero attached hydrogens (tertiary/aromatic N) is 2. The van der Waals surface area contributed by atoms with Gasteiger partial charge < -0.3 is 10.2 Å². The number of carbonyl (C=O) groups is 1. The normalized spacial score (nSPS) is 11.5. The van der Waals surface area contributed by atoms with Crippen molar-refractivity contribution in [2.75, 3.05) is 25.0 Å². The summed E-state index contributed by atoms with van der Waals surface area (Å²) in [5, 5.41) is 2.85. The molecule has 0 aromatic carbocycles. The number of nitrogens with one attached hydrogen (secondary N) is 1. The Morgan fingerprint density at radius 2 is 2.22 bits per heavy atom. The van der Waals surface area contributed by atoms with Gasteiger partial charge in [-0.1, -0.05) is 44.2 Å². The van der Waals surface area contributed by atoms with Crippen LogP contribution in [0.1, 0.15) is 37.2 Å². The smallest absolute Gasteiger partial charge is 0.270 e. The van der Waals surface area contributed by atoms with Gasteiger partial charge in [-0.2, -0.15) is 0 Å². The van der Waals surface area contributed by atoms with Gasteiger partial charge in [0.15, 0.2) is 0 Å². The summed E-state index contributed by atoms with van der Waals surface area (Å²) in [5.41, 5.74) is 2.40. The molecule has 1 aromatic heterocycles. The first kappa shape index (κ1) is 18.7. The third-order valence-corrected chi connectivity index (χ3v) is 3.49. The van der Waals surface area contributed by atoms with Crippen LogP contribution in [0.25, 0.3) is 0 Å². The van der Waals surface area contributed by atoms with Gasteiger partial charge in [-0.3, -0.25) is 4.79 Å². The lowest BCUT2D eigenvalue weighted by Gasteiger charge is -2.18. The molecule has 4 nitrogen and oxygen atoms in total. The van der Waals surface area contributed by atoms with Crippen LogP contribution in [-0.4, -0.2) is 31.0 Å². The molecular formula is C19H27N3O. The molecule has 23 heavy (non-hydrogen) atoms. The van der Waals surface area contributed by atoms with Crippen molar-refractivity contribution < 1.29 is 4.79 Å². The highest BCUT2D eigenvalue weighted by Gasteiger charge is 2.08. The largest absolute Gasteiger partial charge is 0.373 e. The summed E-state index contributed by atoms with van der Waals surface area (Å²) in [7, 11) is 2.04. The van der Waals surface area contributed by atoms with Crippen LogP contribution in [0.15, 0.2) is 54.8 Å². The van der Waals surface area contributed by atoms with Crippen molar-refractivity contribution in [2.45, 2.75) is 26.7 Å². The van der Waals surface area contributed by atoms with Gasteiger partial charge in [0.1, 0.15) is 5.69 Å². The number of rotatable bonds is 9. The van der Waals surface area contributed by atoms with Crippen LogP contribution in [-0.2, 0) is 0 Å². The van der Waals surface area contributed by atoms with Gasteiger partial charge in [0.25, 0.3) is 5.91 Å². The van der Waals surface area contributed by atoms with Crippen molar-refractivity contribution in [3.05, 3.63) is 60.5 Å². The second kappa shape index (κ2) is 10.4. The van der Waals surface area contributed by atoms with E-state index in [1.807, 2.05) is 38.3 Å². The molecule has 0 saturated heterocycles. The molecule has 0 spiro atoms. The van der Waals surface area contributed by atoms with Gasteiger partial charge in [0.05, 0.1) is 11.9 Å². The number of pyridine rings is 1. The van der Waals surface area contributed by atoms with Gasteiger partial charge in [-0.15, -0.1) is 0 Å². The molecule has 0 fully saturated rings. The summed E-state index contributed by atoms with van der Waals surface area (Å²) >= 11 is 0. The zero-order valence-electron chi connectivity index (χ0n) is 14.4. The predicted octanol–water partition coefficient (Wildman–Crippen LogP) is 3.74. The van der Waals surface area contributed by atoms with Crippen LogP contribution >= 0.6 is 0 Å². The van der Waals surface area contributed by atoms with Crippen LogP contribution < -0.4 is 10.2 Å². The van der Waals surface area contributed by atoms with E-state index in [1.165, 1.54) is 0 Å². The summed E-state index contributed by atoms with van der Waals surface area (Å²) in [5.74, 6) is -0.180. The first-order valence-corrected chi connectivity index (χ1v) is 8.02. The quantitative estimate of drug-likeness (QED) is 0.706.